The molecule has 6 heteroatoms. The van der Waals surface area contributed by atoms with Crippen LogP contribution in [0, 0.1) is 6.92 Å². The van der Waals surface area contributed by atoms with Gasteiger partial charge < -0.3 is 11.1 Å². The molecule has 2 aromatic rings. The molecule has 0 saturated heterocycles. The van der Waals surface area contributed by atoms with E-state index in [4.69, 9.17) is 28.9 Å². The largest absolute Gasteiger partial charge is 0.398 e. The topological polar surface area (TPSA) is 55.1 Å². The van der Waals surface area contributed by atoms with E-state index in [9.17, 15) is 4.79 Å². The third-order valence-electron chi connectivity index (χ3n) is 2.82. The fourth-order valence-electron chi connectivity index (χ4n) is 1.81. The van der Waals surface area contributed by atoms with Crippen LogP contribution in [0.1, 0.15) is 15.9 Å². The first-order valence-corrected chi connectivity index (χ1v) is 7.26. The molecule has 1 amide bonds. The van der Waals surface area contributed by atoms with Crippen molar-refractivity contribution in [2.45, 2.75) is 6.92 Å². The molecule has 104 valence electrons. The molecule has 0 aromatic heterocycles. The number of nitrogen functional groups attached to an aromatic ring is 1. The summed E-state index contributed by atoms with van der Waals surface area (Å²) in [6, 6.07) is 8.68. The van der Waals surface area contributed by atoms with E-state index in [0.29, 0.717) is 26.4 Å². The molecule has 0 radical (unpaired) electrons. The Kier molecular flexibility index (Phi) is 4.58. The standard InChI is InChI=1S/C14H11BrCl2N2O/c1-7-3-2-4-9(18)11(7)14(20)19-10-6-5-8(15)12(16)13(10)17/h2-6H,18H2,1H3,(H,19,20). The minimum absolute atomic E-state index is 0.279. The van der Waals surface area contributed by atoms with Crippen molar-refractivity contribution in [1.29, 1.82) is 0 Å². The van der Waals surface area contributed by atoms with Gasteiger partial charge in [0, 0.05) is 10.2 Å². The first kappa shape index (κ1) is 15.2. The summed E-state index contributed by atoms with van der Waals surface area (Å²) in [5.41, 5.74) is 7.92. The van der Waals surface area contributed by atoms with Crippen molar-refractivity contribution in [3.8, 4) is 0 Å². The highest BCUT2D eigenvalue weighted by Crippen LogP contribution is 2.36. The lowest BCUT2D eigenvalue weighted by Gasteiger charge is -2.12. The van der Waals surface area contributed by atoms with Crippen LogP contribution in [0.2, 0.25) is 10.0 Å². The van der Waals surface area contributed by atoms with E-state index in [1.54, 1.807) is 24.3 Å². The van der Waals surface area contributed by atoms with Crippen LogP contribution in [0.4, 0.5) is 11.4 Å². The van der Waals surface area contributed by atoms with Gasteiger partial charge in [-0.2, -0.15) is 0 Å². The van der Waals surface area contributed by atoms with Crippen molar-refractivity contribution in [1.82, 2.24) is 0 Å². The quantitative estimate of drug-likeness (QED) is 0.581. The maximum absolute atomic E-state index is 12.3. The molecule has 0 bridgehead atoms. The van der Waals surface area contributed by atoms with Crippen molar-refractivity contribution in [2.24, 2.45) is 0 Å². The zero-order valence-electron chi connectivity index (χ0n) is 10.5. The van der Waals surface area contributed by atoms with E-state index in [2.05, 4.69) is 21.2 Å². The molecule has 0 saturated carbocycles. The lowest BCUT2D eigenvalue weighted by molar-refractivity contribution is 0.102. The SMILES string of the molecule is Cc1cccc(N)c1C(=O)Nc1ccc(Br)c(Cl)c1Cl. The summed E-state index contributed by atoms with van der Waals surface area (Å²) in [5, 5.41) is 3.35. The van der Waals surface area contributed by atoms with Crippen LogP contribution in [0.15, 0.2) is 34.8 Å². The molecule has 0 atom stereocenters. The average molecular weight is 374 g/mol. The van der Waals surface area contributed by atoms with Crippen LogP contribution >= 0.6 is 39.1 Å². The van der Waals surface area contributed by atoms with Gasteiger partial charge >= 0.3 is 0 Å². The smallest absolute Gasteiger partial charge is 0.258 e. The molecule has 0 spiro atoms. The fourth-order valence-corrected chi connectivity index (χ4v) is 2.63. The third-order valence-corrected chi connectivity index (χ3v) is 4.59. The highest BCUT2D eigenvalue weighted by Gasteiger charge is 2.15. The summed E-state index contributed by atoms with van der Waals surface area (Å²) in [7, 11) is 0. The molecule has 2 aromatic carbocycles. The number of halogens is 3. The molecule has 0 unspecified atom stereocenters. The van der Waals surface area contributed by atoms with Gasteiger partial charge in [0.2, 0.25) is 0 Å². The fraction of sp³-hybridized carbons (Fsp3) is 0.0714. The van der Waals surface area contributed by atoms with E-state index in [-0.39, 0.29) is 10.9 Å². The van der Waals surface area contributed by atoms with Gasteiger partial charge in [-0.3, -0.25) is 4.79 Å². The molecular weight excluding hydrogens is 363 g/mol. The summed E-state index contributed by atoms with van der Waals surface area (Å²) in [5.74, 6) is -0.319. The number of carbonyl (C=O) groups excluding carboxylic acids is 1. The Morgan fingerprint density at radius 2 is 1.90 bits per heavy atom. The van der Waals surface area contributed by atoms with E-state index in [1.165, 1.54) is 0 Å². The van der Waals surface area contributed by atoms with Gasteiger partial charge in [0.15, 0.2) is 0 Å². The van der Waals surface area contributed by atoms with Crippen molar-refractivity contribution in [3.63, 3.8) is 0 Å². The van der Waals surface area contributed by atoms with Gasteiger partial charge in [-0.15, -0.1) is 0 Å². The van der Waals surface area contributed by atoms with Crippen molar-refractivity contribution in [3.05, 3.63) is 56.0 Å². The molecule has 0 aliphatic carbocycles. The van der Waals surface area contributed by atoms with Crippen LogP contribution in [0.3, 0.4) is 0 Å². The summed E-state index contributed by atoms with van der Waals surface area (Å²) >= 11 is 15.4. The van der Waals surface area contributed by atoms with E-state index in [0.717, 1.165) is 5.56 Å². The second kappa shape index (κ2) is 6.04. The summed E-state index contributed by atoms with van der Waals surface area (Å²) in [6.45, 7) is 1.82. The van der Waals surface area contributed by atoms with Gasteiger partial charge in [-0.05, 0) is 46.6 Å². The minimum Gasteiger partial charge on any atom is -0.398 e. The Morgan fingerprint density at radius 3 is 2.55 bits per heavy atom. The Labute approximate surface area is 135 Å². The van der Waals surface area contributed by atoms with Crippen molar-refractivity contribution < 1.29 is 4.79 Å². The molecule has 0 heterocycles. The zero-order valence-corrected chi connectivity index (χ0v) is 13.6. The highest BCUT2D eigenvalue weighted by molar-refractivity contribution is 9.10. The molecule has 20 heavy (non-hydrogen) atoms. The monoisotopic (exact) mass is 372 g/mol. The summed E-state index contributed by atoms with van der Waals surface area (Å²) in [6.07, 6.45) is 0. The highest BCUT2D eigenvalue weighted by atomic mass is 79.9. The number of rotatable bonds is 2. The van der Waals surface area contributed by atoms with Crippen LogP contribution < -0.4 is 11.1 Å². The van der Waals surface area contributed by atoms with Gasteiger partial charge in [-0.1, -0.05) is 35.3 Å². The average Bonchev–Trinajstić information content (AvgIpc) is 2.39. The minimum atomic E-state index is -0.319. The lowest BCUT2D eigenvalue weighted by atomic mass is 10.1. The number of carbonyl (C=O) groups is 1. The van der Waals surface area contributed by atoms with Gasteiger partial charge in [0.1, 0.15) is 0 Å². The third kappa shape index (κ3) is 2.92. The number of hydrogen-bond acceptors (Lipinski definition) is 2. The number of nitrogens with two attached hydrogens (primary N) is 1. The Balaban J connectivity index is 2.36. The first-order chi connectivity index (χ1) is 9.41. The Bertz CT molecular complexity index is 669. The molecular formula is C14H11BrCl2N2O. The number of nitrogens with one attached hydrogen (secondary N) is 1. The van der Waals surface area contributed by atoms with Crippen LogP contribution in [0.25, 0.3) is 0 Å². The van der Waals surface area contributed by atoms with Gasteiger partial charge in [-0.25, -0.2) is 0 Å². The Morgan fingerprint density at radius 1 is 1.20 bits per heavy atom. The predicted octanol–water partition coefficient (Wildman–Crippen LogP) is 4.90. The van der Waals surface area contributed by atoms with Gasteiger partial charge in [0.25, 0.3) is 5.91 Å². The normalized spacial score (nSPS) is 10.4. The van der Waals surface area contributed by atoms with E-state index >= 15 is 0 Å². The molecule has 0 aliphatic heterocycles. The summed E-state index contributed by atoms with van der Waals surface area (Å²) in [4.78, 5) is 12.3. The van der Waals surface area contributed by atoms with E-state index in [1.807, 2.05) is 13.0 Å². The molecule has 2 rings (SSSR count). The second-order valence-electron chi connectivity index (χ2n) is 4.22. The van der Waals surface area contributed by atoms with E-state index < -0.39 is 0 Å². The Hall–Kier alpha value is -1.23. The van der Waals surface area contributed by atoms with Crippen LogP contribution in [0.5, 0.6) is 0 Å². The zero-order chi connectivity index (χ0) is 14.9. The lowest BCUT2D eigenvalue weighted by Crippen LogP contribution is -2.15. The van der Waals surface area contributed by atoms with Gasteiger partial charge in [0.05, 0.1) is 21.3 Å². The summed E-state index contributed by atoms with van der Waals surface area (Å²) < 4.78 is 0.664. The number of aryl methyl sites for hydroxylation is 1. The van der Waals surface area contributed by atoms with Crippen molar-refractivity contribution >= 4 is 56.4 Å². The second-order valence-corrected chi connectivity index (χ2v) is 5.83. The molecule has 3 N–H and O–H groups in total. The van der Waals surface area contributed by atoms with Crippen molar-refractivity contribution in [2.75, 3.05) is 11.1 Å². The number of benzene rings is 2. The number of hydrogen-bond donors (Lipinski definition) is 2. The molecule has 0 aliphatic rings. The molecule has 3 nitrogen and oxygen atoms in total. The maximum Gasteiger partial charge on any atom is 0.258 e. The first-order valence-electron chi connectivity index (χ1n) is 5.71. The predicted molar refractivity (Wildman–Crippen MR) is 87.7 cm³/mol. The number of anilines is 2. The molecule has 0 fully saturated rings. The maximum atomic E-state index is 12.3. The number of amides is 1. The van der Waals surface area contributed by atoms with Crippen LogP contribution in [-0.2, 0) is 0 Å². The van der Waals surface area contributed by atoms with Crippen LogP contribution in [-0.4, -0.2) is 5.91 Å².